The maximum atomic E-state index is 14.8. The molecule has 198 valence electrons. The molecule has 3 aromatic rings. The van der Waals surface area contributed by atoms with E-state index in [1.54, 1.807) is 6.07 Å². The van der Waals surface area contributed by atoms with Crippen molar-refractivity contribution in [1.29, 1.82) is 0 Å². The standard InChI is InChI=1S/C24H23F5N4O4/c1-12(10-34)11-36-20-16(6-7-17(25)19(20)26)18-13(2)23(3,24(27,28)29)37-21(18)22(35)31-14-4-5-15-8-30-32-33(15)9-14/h4-9,13,18,21,34H,1,10-11H2,2-3H3,(H,31,35)/t13-,18-,21+,23+/m0/s1. The molecule has 1 saturated heterocycles. The van der Waals surface area contributed by atoms with Gasteiger partial charge in [0, 0.05) is 17.4 Å². The lowest BCUT2D eigenvalue weighted by Gasteiger charge is -2.32. The van der Waals surface area contributed by atoms with Crippen LogP contribution in [0.3, 0.4) is 0 Å². The summed E-state index contributed by atoms with van der Waals surface area (Å²) in [7, 11) is 0. The molecule has 0 spiro atoms. The number of carbonyl (C=O) groups excluding carboxylic acids is 1. The molecule has 4 atom stereocenters. The highest BCUT2D eigenvalue weighted by molar-refractivity contribution is 5.95. The number of hydrogen-bond acceptors (Lipinski definition) is 6. The van der Waals surface area contributed by atoms with E-state index in [0.29, 0.717) is 5.52 Å². The average Bonchev–Trinajstić information content (AvgIpc) is 3.42. The maximum absolute atomic E-state index is 14.8. The van der Waals surface area contributed by atoms with E-state index in [2.05, 4.69) is 22.2 Å². The van der Waals surface area contributed by atoms with E-state index in [9.17, 15) is 26.7 Å². The summed E-state index contributed by atoms with van der Waals surface area (Å²) >= 11 is 0. The number of nitrogens with zero attached hydrogens (tertiary/aromatic N) is 3. The zero-order chi connectivity index (χ0) is 27.1. The van der Waals surface area contributed by atoms with Gasteiger partial charge in [-0.25, -0.2) is 8.91 Å². The molecule has 37 heavy (non-hydrogen) atoms. The third kappa shape index (κ3) is 4.76. The molecule has 2 N–H and O–H groups in total. The van der Waals surface area contributed by atoms with Gasteiger partial charge in [-0.2, -0.15) is 17.6 Å². The summed E-state index contributed by atoms with van der Waals surface area (Å²) in [6.45, 7) is 4.57. The zero-order valence-corrected chi connectivity index (χ0v) is 19.7. The van der Waals surface area contributed by atoms with E-state index in [1.807, 2.05) is 0 Å². The van der Waals surface area contributed by atoms with E-state index >= 15 is 0 Å². The number of aromatic nitrogens is 3. The number of fused-ring (bicyclic) bond motifs is 1. The number of rotatable bonds is 7. The molecule has 1 aromatic carbocycles. The zero-order valence-electron chi connectivity index (χ0n) is 19.7. The fraction of sp³-hybridized carbons (Fsp3) is 0.375. The number of pyridine rings is 1. The summed E-state index contributed by atoms with van der Waals surface area (Å²) in [6, 6.07) is 4.88. The Bertz CT molecular complexity index is 1340. The van der Waals surface area contributed by atoms with Gasteiger partial charge in [-0.05, 0) is 30.7 Å². The third-order valence-electron chi connectivity index (χ3n) is 6.58. The number of aliphatic hydroxyl groups excluding tert-OH is 1. The normalized spacial score (nSPS) is 23.8. The van der Waals surface area contributed by atoms with Crippen LogP contribution in [-0.4, -0.2) is 56.9 Å². The minimum Gasteiger partial charge on any atom is -0.486 e. The molecule has 8 nitrogen and oxygen atoms in total. The molecule has 3 heterocycles. The lowest BCUT2D eigenvalue weighted by atomic mass is 9.77. The molecule has 1 fully saturated rings. The first-order chi connectivity index (χ1) is 17.4. The first-order valence-corrected chi connectivity index (χ1v) is 11.1. The van der Waals surface area contributed by atoms with Crippen molar-refractivity contribution in [3.8, 4) is 5.75 Å². The van der Waals surface area contributed by atoms with Gasteiger partial charge in [-0.3, -0.25) is 4.79 Å². The van der Waals surface area contributed by atoms with E-state index in [-0.39, 0.29) is 16.8 Å². The van der Waals surface area contributed by atoms with Crippen LogP contribution in [-0.2, 0) is 9.53 Å². The van der Waals surface area contributed by atoms with Gasteiger partial charge >= 0.3 is 6.18 Å². The van der Waals surface area contributed by atoms with Crippen molar-refractivity contribution < 1.29 is 41.3 Å². The van der Waals surface area contributed by atoms with E-state index in [4.69, 9.17) is 14.6 Å². The molecule has 0 unspecified atom stereocenters. The summed E-state index contributed by atoms with van der Waals surface area (Å²) in [5.74, 6) is -7.21. The number of carbonyl (C=O) groups is 1. The third-order valence-corrected chi connectivity index (χ3v) is 6.58. The van der Waals surface area contributed by atoms with Crippen LogP contribution in [0.5, 0.6) is 5.75 Å². The predicted octanol–water partition coefficient (Wildman–Crippen LogP) is 4.01. The average molecular weight is 526 g/mol. The summed E-state index contributed by atoms with van der Waals surface area (Å²) in [5, 5.41) is 19.2. The van der Waals surface area contributed by atoms with Crippen LogP contribution in [0.4, 0.5) is 27.6 Å². The molecule has 0 aliphatic carbocycles. The highest BCUT2D eigenvalue weighted by atomic mass is 19.4. The van der Waals surface area contributed by atoms with Gasteiger partial charge < -0.3 is 19.9 Å². The number of ether oxygens (including phenoxy) is 2. The molecule has 2 aromatic heterocycles. The highest BCUT2D eigenvalue weighted by Crippen LogP contribution is 2.55. The van der Waals surface area contributed by atoms with Crippen molar-refractivity contribution in [1.82, 2.24) is 14.8 Å². The fourth-order valence-electron chi connectivity index (χ4n) is 4.31. The van der Waals surface area contributed by atoms with E-state index in [0.717, 1.165) is 19.1 Å². The largest absolute Gasteiger partial charge is 0.486 e. The maximum Gasteiger partial charge on any atom is 0.417 e. The number of alkyl halides is 3. The van der Waals surface area contributed by atoms with E-state index in [1.165, 1.54) is 29.9 Å². The minimum absolute atomic E-state index is 0.114. The quantitative estimate of drug-likeness (QED) is 0.357. The van der Waals surface area contributed by atoms with Gasteiger partial charge in [0.2, 0.25) is 5.82 Å². The van der Waals surface area contributed by atoms with Crippen molar-refractivity contribution in [2.75, 3.05) is 18.5 Å². The Balaban J connectivity index is 1.76. The number of halogens is 5. The molecule has 4 rings (SSSR count). The van der Waals surface area contributed by atoms with Gasteiger partial charge in [0.25, 0.3) is 5.91 Å². The van der Waals surface area contributed by atoms with Crippen LogP contribution >= 0.6 is 0 Å². The van der Waals surface area contributed by atoms with Gasteiger partial charge in [0.05, 0.1) is 30.2 Å². The van der Waals surface area contributed by atoms with Crippen LogP contribution in [0.1, 0.15) is 25.3 Å². The lowest BCUT2D eigenvalue weighted by Crippen LogP contribution is -2.47. The molecule has 1 aliphatic rings. The Morgan fingerprint density at radius 3 is 2.70 bits per heavy atom. The molecule has 1 amide bonds. The number of benzene rings is 1. The minimum atomic E-state index is -4.90. The molecule has 0 radical (unpaired) electrons. The molecule has 1 aliphatic heterocycles. The Hall–Kier alpha value is -3.58. The van der Waals surface area contributed by atoms with Crippen LogP contribution in [0.15, 0.2) is 48.8 Å². The van der Waals surface area contributed by atoms with Crippen molar-refractivity contribution in [2.24, 2.45) is 5.92 Å². The SMILES string of the molecule is C=C(CO)COc1c([C@H]2[C@H](C(=O)Nc3ccc4cnnn4c3)O[C@@](C)(C(F)(F)F)[C@H]2C)ccc(F)c1F. The topological polar surface area (TPSA) is 98.0 Å². The van der Waals surface area contributed by atoms with Gasteiger partial charge in [0.15, 0.2) is 17.2 Å². The van der Waals surface area contributed by atoms with Gasteiger partial charge in [-0.15, -0.1) is 5.10 Å². The van der Waals surface area contributed by atoms with Crippen LogP contribution < -0.4 is 10.1 Å². The summed E-state index contributed by atoms with van der Waals surface area (Å²) in [5.41, 5.74) is -2.08. The van der Waals surface area contributed by atoms with Crippen LogP contribution in [0.2, 0.25) is 0 Å². The number of nitrogens with one attached hydrogen (secondary N) is 1. The lowest BCUT2D eigenvalue weighted by molar-refractivity contribution is -0.272. The second-order valence-electron chi connectivity index (χ2n) is 8.94. The Morgan fingerprint density at radius 1 is 1.30 bits per heavy atom. The number of aliphatic hydroxyl groups is 1. The monoisotopic (exact) mass is 526 g/mol. The molecular weight excluding hydrogens is 503 g/mol. The second-order valence-corrected chi connectivity index (χ2v) is 8.94. The highest BCUT2D eigenvalue weighted by Gasteiger charge is 2.66. The van der Waals surface area contributed by atoms with E-state index < -0.39 is 66.2 Å². The Labute approximate surface area is 207 Å². The summed E-state index contributed by atoms with van der Waals surface area (Å²) < 4.78 is 83.5. The van der Waals surface area contributed by atoms with Crippen molar-refractivity contribution in [3.63, 3.8) is 0 Å². The summed E-state index contributed by atoms with van der Waals surface area (Å²) in [6.07, 6.45) is -3.79. The molecule has 0 bridgehead atoms. The molecule has 13 heteroatoms. The van der Waals surface area contributed by atoms with Crippen LogP contribution in [0, 0.1) is 17.6 Å². The first kappa shape index (κ1) is 26.5. The Kier molecular flexibility index (Phi) is 6.95. The number of anilines is 1. The molecular formula is C24H23F5N4O4. The van der Waals surface area contributed by atoms with Gasteiger partial charge in [-0.1, -0.05) is 24.8 Å². The summed E-state index contributed by atoms with van der Waals surface area (Å²) in [4.78, 5) is 13.3. The molecule has 0 saturated carbocycles. The van der Waals surface area contributed by atoms with Crippen molar-refractivity contribution in [2.45, 2.75) is 37.6 Å². The smallest absolute Gasteiger partial charge is 0.417 e. The predicted molar refractivity (Wildman–Crippen MR) is 121 cm³/mol. The first-order valence-electron chi connectivity index (χ1n) is 11.1. The number of amides is 1. The fourth-order valence-corrected chi connectivity index (χ4v) is 4.31. The van der Waals surface area contributed by atoms with Crippen LogP contribution in [0.25, 0.3) is 5.52 Å². The van der Waals surface area contributed by atoms with Gasteiger partial charge in [0.1, 0.15) is 12.7 Å². The Morgan fingerprint density at radius 2 is 2.03 bits per heavy atom. The van der Waals surface area contributed by atoms with Crippen molar-refractivity contribution in [3.05, 3.63) is 66.0 Å². The number of hydrogen-bond donors (Lipinski definition) is 2. The van der Waals surface area contributed by atoms with Crippen molar-refractivity contribution >= 4 is 17.1 Å². The second kappa shape index (κ2) is 9.71.